The number of hydrogen-bond donors (Lipinski definition) is 2. The van der Waals surface area contributed by atoms with Crippen molar-refractivity contribution in [1.29, 1.82) is 0 Å². The molecule has 2 amide bonds. The van der Waals surface area contributed by atoms with Crippen LogP contribution in [0.15, 0.2) is 54.3 Å². The van der Waals surface area contributed by atoms with Gasteiger partial charge >= 0.3 is 12.0 Å². The minimum Gasteiger partial charge on any atom is -0.490 e. The smallest absolute Gasteiger partial charge is 0.371 e. The molecule has 2 N–H and O–H groups in total. The van der Waals surface area contributed by atoms with Gasteiger partial charge in [-0.1, -0.05) is 55.7 Å². The highest BCUT2D eigenvalue weighted by molar-refractivity contribution is 5.92. The van der Waals surface area contributed by atoms with Crippen LogP contribution in [0, 0.1) is 0 Å². The number of nitrogens with one attached hydrogen (secondary N) is 1. The zero-order valence-electron chi connectivity index (χ0n) is 17.4. The summed E-state index contributed by atoms with van der Waals surface area (Å²) in [4.78, 5) is 25.4. The zero-order valence-corrected chi connectivity index (χ0v) is 17.4. The molecule has 1 aliphatic rings. The number of hydrogen-bond acceptors (Lipinski definition) is 3. The fourth-order valence-electron chi connectivity index (χ4n) is 3.66. The van der Waals surface area contributed by atoms with Crippen LogP contribution >= 0.6 is 0 Å². The molecule has 30 heavy (non-hydrogen) atoms. The molecule has 2 aromatic rings. The Morgan fingerprint density at radius 3 is 2.40 bits per heavy atom. The Labute approximate surface area is 177 Å². The summed E-state index contributed by atoms with van der Waals surface area (Å²) in [5.74, 6) is -1.22. The van der Waals surface area contributed by atoms with E-state index in [1.807, 2.05) is 48.5 Å². The van der Waals surface area contributed by atoms with Crippen molar-refractivity contribution in [3.05, 3.63) is 59.9 Å². The number of carbonyl (C=O) groups is 2. The second-order valence-electron chi connectivity index (χ2n) is 7.53. The zero-order chi connectivity index (χ0) is 21.5. The molecule has 158 valence electrons. The second-order valence-corrected chi connectivity index (χ2v) is 7.53. The van der Waals surface area contributed by atoms with Crippen LogP contribution in [0.2, 0.25) is 0 Å². The molecular weight excluding hydrogens is 380 g/mol. The molecule has 0 spiro atoms. The van der Waals surface area contributed by atoms with Crippen LogP contribution in [-0.2, 0) is 9.53 Å². The van der Waals surface area contributed by atoms with E-state index in [2.05, 4.69) is 5.32 Å². The summed E-state index contributed by atoms with van der Waals surface area (Å²) >= 11 is 0. The van der Waals surface area contributed by atoms with E-state index in [1.54, 1.807) is 11.9 Å². The Kier molecular flexibility index (Phi) is 7.12. The Morgan fingerprint density at radius 1 is 1.07 bits per heavy atom. The van der Waals surface area contributed by atoms with Gasteiger partial charge in [-0.15, -0.1) is 0 Å². The molecular formula is C24H28N2O4. The number of ether oxygens (including phenoxy) is 1. The lowest BCUT2D eigenvalue weighted by atomic mass is 9.96. The van der Waals surface area contributed by atoms with E-state index in [1.165, 1.54) is 32.4 Å². The van der Waals surface area contributed by atoms with Gasteiger partial charge in [0.2, 0.25) is 5.76 Å². The van der Waals surface area contributed by atoms with Gasteiger partial charge in [0.05, 0.1) is 7.11 Å². The number of amides is 2. The Bertz CT molecular complexity index is 915. The Hall–Kier alpha value is -3.28. The van der Waals surface area contributed by atoms with E-state index in [4.69, 9.17) is 9.84 Å². The molecule has 0 radical (unpaired) electrons. The summed E-state index contributed by atoms with van der Waals surface area (Å²) in [5.41, 5.74) is 3.50. The maximum Gasteiger partial charge on any atom is 0.371 e. The van der Waals surface area contributed by atoms with Gasteiger partial charge in [0, 0.05) is 18.8 Å². The van der Waals surface area contributed by atoms with E-state index in [0.717, 1.165) is 35.2 Å². The van der Waals surface area contributed by atoms with Gasteiger partial charge in [0.25, 0.3) is 0 Å². The van der Waals surface area contributed by atoms with Crippen LogP contribution in [0.25, 0.3) is 17.2 Å². The maximum absolute atomic E-state index is 12.6. The van der Waals surface area contributed by atoms with Gasteiger partial charge in [0.15, 0.2) is 0 Å². The van der Waals surface area contributed by atoms with Crippen LogP contribution in [0.5, 0.6) is 0 Å². The SMILES string of the molecule is CO/C(=C\c1ccc(-c2cccc(N(C)C(=O)NC3CCCCC3)c2)cc1)C(=O)O. The molecule has 6 heteroatoms. The average Bonchev–Trinajstić information content (AvgIpc) is 2.78. The van der Waals surface area contributed by atoms with Gasteiger partial charge in [-0.2, -0.15) is 0 Å². The van der Waals surface area contributed by atoms with Crippen LogP contribution in [0.1, 0.15) is 37.7 Å². The third kappa shape index (κ3) is 5.41. The topological polar surface area (TPSA) is 78.9 Å². The predicted molar refractivity (Wildman–Crippen MR) is 118 cm³/mol. The van der Waals surface area contributed by atoms with Gasteiger partial charge in [-0.25, -0.2) is 9.59 Å². The molecule has 0 saturated heterocycles. The largest absolute Gasteiger partial charge is 0.490 e. The highest BCUT2D eigenvalue weighted by Gasteiger charge is 2.19. The van der Waals surface area contributed by atoms with Crippen molar-refractivity contribution in [2.24, 2.45) is 0 Å². The predicted octanol–water partition coefficient (Wildman–Crippen LogP) is 4.90. The molecule has 2 aromatic carbocycles. The molecule has 0 aliphatic heterocycles. The van der Waals surface area contributed by atoms with E-state index >= 15 is 0 Å². The van der Waals surface area contributed by atoms with E-state index in [-0.39, 0.29) is 17.8 Å². The van der Waals surface area contributed by atoms with E-state index in [9.17, 15) is 9.59 Å². The summed E-state index contributed by atoms with van der Waals surface area (Å²) in [6.07, 6.45) is 7.18. The molecule has 0 bridgehead atoms. The minimum atomic E-state index is -1.11. The number of carboxylic acids is 1. The number of rotatable bonds is 6. The number of anilines is 1. The quantitative estimate of drug-likeness (QED) is 0.526. The molecule has 6 nitrogen and oxygen atoms in total. The monoisotopic (exact) mass is 408 g/mol. The lowest BCUT2D eigenvalue weighted by Crippen LogP contribution is -2.43. The first-order valence-corrected chi connectivity index (χ1v) is 10.2. The summed E-state index contributed by atoms with van der Waals surface area (Å²) in [7, 11) is 3.12. The Balaban J connectivity index is 1.73. The first kappa shape index (κ1) is 21.4. The van der Waals surface area contributed by atoms with Crippen molar-refractivity contribution in [2.75, 3.05) is 19.1 Å². The summed E-state index contributed by atoms with van der Waals surface area (Å²) in [5, 5.41) is 12.2. The van der Waals surface area contributed by atoms with Crippen molar-refractivity contribution in [3.63, 3.8) is 0 Å². The van der Waals surface area contributed by atoms with Crippen molar-refractivity contribution in [3.8, 4) is 11.1 Å². The third-order valence-electron chi connectivity index (χ3n) is 5.44. The summed E-state index contributed by atoms with van der Waals surface area (Å²) in [6.45, 7) is 0. The molecule has 1 fully saturated rings. The summed E-state index contributed by atoms with van der Waals surface area (Å²) < 4.78 is 4.87. The fraction of sp³-hybridized carbons (Fsp3) is 0.333. The van der Waals surface area contributed by atoms with E-state index in [0.29, 0.717) is 0 Å². The van der Waals surface area contributed by atoms with Crippen LogP contribution < -0.4 is 10.2 Å². The molecule has 3 rings (SSSR count). The van der Waals surface area contributed by atoms with Crippen molar-refractivity contribution >= 4 is 23.8 Å². The second kappa shape index (κ2) is 9.96. The number of urea groups is 1. The third-order valence-corrected chi connectivity index (χ3v) is 5.44. The molecule has 0 atom stereocenters. The molecule has 0 aromatic heterocycles. The van der Waals surface area contributed by atoms with Crippen molar-refractivity contribution in [1.82, 2.24) is 5.32 Å². The standard InChI is InChI=1S/C24H28N2O4/c1-26(24(29)25-20-8-4-3-5-9-20)21-10-6-7-19(16-21)18-13-11-17(12-14-18)15-22(30-2)23(27)28/h6-7,10-16,20H,3-5,8-9H2,1-2H3,(H,25,29)(H,27,28)/b22-15-. The lowest BCUT2D eigenvalue weighted by Gasteiger charge is -2.26. The average molecular weight is 408 g/mol. The van der Waals surface area contributed by atoms with E-state index < -0.39 is 5.97 Å². The highest BCUT2D eigenvalue weighted by atomic mass is 16.5. The van der Waals surface area contributed by atoms with Gasteiger partial charge in [0.1, 0.15) is 0 Å². The minimum absolute atomic E-state index is 0.0831. The van der Waals surface area contributed by atoms with Crippen molar-refractivity contribution in [2.45, 2.75) is 38.1 Å². The summed E-state index contributed by atoms with van der Waals surface area (Å²) in [6, 6.07) is 15.5. The normalized spacial score (nSPS) is 14.8. The number of carboxylic acid groups (broad SMARTS) is 1. The van der Waals surface area contributed by atoms with Crippen molar-refractivity contribution < 1.29 is 19.4 Å². The molecule has 1 aliphatic carbocycles. The lowest BCUT2D eigenvalue weighted by molar-refractivity contribution is -0.135. The van der Waals surface area contributed by atoms with Crippen LogP contribution in [-0.4, -0.2) is 37.3 Å². The van der Waals surface area contributed by atoms with Crippen LogP contribution in [0.4, 0.5) is 10.5 Å². The number of aliphatic carboxylic acids is 1. The van der Waals surface area contributed by atoms with Gasteiger partial charge in [-0.05, 0) is 47.7 Å². The maximum atomic E-state index is 12.6. The fourth-order valence-corrected chi connectivity index (χ4v) is 3.66. The first-order chi connectivity index (χ1) is 14.5. The molecule has 0 unspecified atom stereocenters. The first-order valence-electron chi connectivity index (χ1n) is 10.2. The van der Waals surface area contributed by atoms with Crippen LogP contribution in [0.3, 0.4) is 0 Å². The van der Waals surface area contributed by atoms with Gasteiger partial charge in [-0.3, -0.25) is 4.90 Å². The number of benzene rings is 2. The molecule has 0 heterocycles. The highest BCUT2D eigenvalue weighted by Crippen LogP contribution is 2.26. The molecule has 1 saturated carbocycles. The number of methoxy groups -OCH3 is 1. The number of nitrogens with zero attached hydrogens (tertiary/aromatic N) is 1. The number of carbonyl (C=O) groups excluding carboxylic acids is 1. The Morgan fingerprint density at radius 2 is 1.77 bits per heavy atom. The van der Waals surface area contributed by atoms with Gasteiger partial charge < -0.3 is 15.2 Å².